The zero-order valence-corrected chi connectivity index (χ0v) is 16.0. The second-order valence-electron chi connectivity index (χ2n) is 8.15. The second kappa shape index (κ2) is 7.09. The molecule has 3 atom stereocenters. The lowest BCUT2D eigenvalue weighted by atomic mass is 9.79. The largest absolute Gasteiger partial charge is 0.388 e. The molecule has 1 saturated carbocycles. The van der Waals surface area contributed by atoms with Gasteiger partial charge in [0, 0.05) is 31.9 Å². The van der Waals surface area contributed by atoms with Gasteiger partial charge < -0.3 is 15.0 Å². The molecule has 1 aliphatic carbocycles. The number of carbonyl (C=O) groups is 1. The third-order valence-corrected chi connectivity index (χ3v) is 5.94. The number of aliphatic hydroxyl groups is 1. The predicted molar refractivity (Wildman–Crippen MR) is 103 cm³/mol. The zero-order valence-electron chi connectivity index (χ0n) is 16.0. The van der Waals surface area contributed by atoms with Crippen LogP contribution in [0.5, 0.6) is 0 Å². The van der Waals surface area contributed by atoms with Crippen molar-refractivity contribution in [3.8, 4) is 0 Å². The van der Waals surface area contributed by atoms with Crippen LogP contribution in [0.3, 0.4) is 0 Å². The van der Waals surface area contributed by atoms with E-state index in [-0.39, 0.29) is 23.9 Å². The van der Waals surface area contributed by atoms with Gasteiger partial charge in [-0.15, -0.1) is 0 Å². The number of hydrogen-bond acceptors (Lipinski definition) is 4. The Kier molecular flexibility index (Phi) is 4.78. The molecule has 2 fully saturated rings. The van der Waals surface area contributed by atoms with Crippen LogP contribution < -0.4 is 5.32 Å². The molecule has 2 N–H and O–H groups in total. The Morgan fingerprint density at radius 2 is 2.07 bits per heavy atom. The van der Waals surface area contributed by atoms with Crippen LogP contribution in [0.2, 0.25) is 0 Å². The van der Waals surface area contributed by atoms with Crippen molar-refractivity contribution in [2.45, 2.75) is 50.4 Å². The molecule has 1 amide bonds. The lowest BCUT2D eigenvalue weighted by Gasteiger charge is -2.49. The number of carbonyl (C=O) groups excluding carboxylic acids is 1. The van der Waals surface area contributed by atoms with Crippen molar-refractivity contribution in [1.29, 1.82) is 0 Å². The molecule has 2 aromatic rings. The molecule has 2 aliphatic rings. The van der Waals surface area contributed by atoms with E-state index in [2.05, 4.69) is 27.3 Å². The number of benzene rings is 1. The minimum Gasteiger partial charge on any atom is -0.388 e. The first-order valence-electron chi connectivity index (χ1n) is 9.73. The molecule has 2 heterocycles. The van der Waals surface area contributed by atoms with Crippen molar-refractivity contribution in [1.82, 2.24) is 19.8 Å². The molecule has 0 bridgehead atoms. The fourth-order valence-corrected chi connectivity index (χ4v) is 4.03. The Morgan fingerprint density at radius 3 is 2.70 bits per heavy atom. The van der Waals surface area contributed by atoms with E-state index in [0.717, 1.165) is 30.8 Å². The average Bonchev–Trinajstić information content (AvgIpc) is 3.43. The summed E-state index contributed by atoms with van der Waals surface area (Å²) < 4.78 is 2.02. The van der Waals surface area contributed by atoms with Crippen molar-refractivity contribution < 1.29 is 9.90 Å². The third-order valence-electron chi connectivity index (χ3n) is 5.94. The smallest absolute Gasteiger partial charge is 0.223 e. The highest BCUT2D eigenvalue weighted by atomic mass is 16.3. The van der Waals surface area contributed by atoms with E-state index in [1.165, 1.54) is 0 Å². The number of aromatic nitrogens is 2. The van der Waals surface area contributed by atoms with Crippen molar-refractivity contribution >= 4 is 5.91 Å². The van der Waals surface area contributed by atoms with Gasteiger partial charge in [-0.25, -0.2) is 4.98 Å². The topological polar surface area (TPSA) is 70.4 Å². The van der Waals surface area contributed by atoms with E-state index in [1.54, 1.807) is 6.20 Å². The molecule has 0 spiro atoms. The number of piperidine rings is 1. The Bertz CT molecular complexity index is 798. The van der Waals surface area contributed by atoms with Crippen LogP contribution in [0.1, 0.15) is 43.6 Å². The summed E-state index contributed by atoms with van der Waals surface area (Å²) in [6.45, 7) is 3.27. The highest BCUT2D eigenvalue weighted by Gasteiger charge is 2.47. The van der Waals surface area contributed by atoms with Crippen molar-refractivity contribution in [3.05, 3.63) is 54.1 Å². The maximum atomic E-state index is 12.6. The Balaban J connectivity index is 1.67. The SMILES string of the molecule is Cn1ccnc1CN1CCC(C)(O)C(NC(=O)C2CC2)C1c1ccccc1. The summed E-state index contributed by atoms with van der Waals surface area (Å²) >= 11 is 0. The maximum Gasteiger partial charge on any atom is 0.223 e. The Morgan fingerprint density at radius 1 is 1.33 bits per heavy atom. The molecule has 4 rings (SSSR count). The van der Waals surface area contributed by atoms with E-state index >= 15 is 0 Å². The third kappa shape index (κ3) is 3.77. The first-order chi connectivity index (χ1) is 13.0. The summed E-state index contributed by atoms with van der Waals surface area (Å²) in [6, 6.07) is 9.71. The first kappa shape index (κ1) is 18.2. The molecule has 144 valence electrons. The number of nitrogens with one attached hydrogen (secondary N) is 1. The van der Waals surface area contributed by atoms with Crippen molar-refractivity contribution in [2.75, 3.05) is 6.54 Å². The quantitative estimate of drug-likeness (QED) is 0.847. The average molecular weight is 368 g/mol. The molecule has 3 unspecified atom stereocenters. The van der Waals surface area contributed by atoms with E-state index in [4.69, 9.17) is 0 Å². The van der Waals surface area contributed by atoms with Crippen LogP contribution in [0.15, 0.2) is 42.7 Å². The normalized spacial score (nSPS) is 28.9. The van der Waals surface area contributed by atoms with Gasteiger partial charge in [0.15, 0.2) is 0 Å². The molecule has 6 nitrogen and oxygen atoms in total. The lowest BCUT2D eigenvalue weighted by Crippen LogP contribution is -2.62. The van der Waals surface area contributed by atoms with Crippen LogP contribution >= 0.6 is 0 Å². The fraction of sp³-hybridized carbons (Fsp3) is 0.524. The van der Waals surface area contributed by atoms with Crippen molar-refractivity contribution in [2.24, 2.45) is 13.0 Å². The maximum absolute atomic E-state index is 12.6. The molecule has 1 aromatic heterocycles. The van der Waals surface area contributed by atoms with Gasteiger partial charge >= 0.3 is 0 Å². The second-order valence-corrected chi connectivity index (χ2v) is 8.15. The Labute approximate surface area is 160 Å². The van der Waals surface area contributed by atoms with Crippen LogP contribution in [-0.4, -0.2) is 43.7 Å². The van der Waals surface area contributed by atoms with E-state index in [1.807, 2.05) is 42.9 Å². The number of nitrogens with zero attached hydrogens (tertiary/aromatic N) is 3. The predicted octanol–water partition coefficient (Wildman–Crippen LogP) is 2.01. The molecule has 1 saturated heterocycles. The summed E-state index contributed by atoms with van der Waals surface area (Å²) in [6.07, 6.45) is 6.26. The number of likely N-dealkylation sites (tertiary alicyclic amines) is 1. The van der Waals surface area contributed by atoms with Crippen LogP contribution in [0.25, 0.3) is 0 Å². The summed E-state index contributed by atoms with van der Waals surface area (Å²) in [4.78, 5) is 19.4. The van der Waals surface area contributed by atoms with Gasteiger partial charge in [0.1, 0.15) is 5.82 Å². The van der Waals surface area contributed by atoms with E-state index < -0.39 is 5.60 Å². The van der Waals surface area contributed by atoms with E-state index in [9.17, 15) is 9.90 Å². The molecule has 1 aromatic carbocycles. The molecule has 1 aliphatic heterocycles. The summed E-state index contributed by atoms with van der Waals surface area (Å²) in [5.74, 6) is 1.16. The molecule has 27 heavy (non-hydrogen) atoms. The number of rotatable bonds is 5. The minimum absolute atomic E-state index is 0.0695. The van der Waals surface area contributed by atoms with Crippen LogP contribution in [-0.2, 0) is 18.4 Å². The van der Waals surface area contributed by atoms with Gasteiger partial charge in [0.25, 0.3) is 0 Å². The van der Waals surface area contributed by atoms with Gasteiger partial charge in [-0.3, -0.25) is 9.69 Å². The number of amides is 1. The number of imidazole rings is 1. The van der Waals surface area contributed by atoms with Gasteiger partial charge in [-0.05, 0) is 31.7 Å². The van der Waals surface area contributed by atoms with E-state index in [0.29, 0.717) is 13.0 Å². The fourth-order valence-electron chi connectivity index (χ4n) is 4.03. The number of hydrogen-bond donors (Lipinski definition) is 2. The Hall–Kier alpha value is -2.18. The highest BCUT2D eigenvalue weighted by molar-refractivity contribution is 5.81. The summed E-state index contributed by atoms with van der Waals surface area (Å²) in [7, 11) is 1.99. The van der Waals surface area contributed by atoms with Gasteiger partial charge in [0.05, 0.1) is 24.2 Å². The standard InChI is InChI=1S/C21H28N4O2/c1-21(27)10-12-25(14-17-22-11-13-24(17)2)18(15-6-4-3-5-7-15)19(21)23-20(26)16-8-9-16/h3-7,11,13,16,18-19,27H,8-10,12,14H2,1-2H3,(H,23,26). The molecule has 0 radical (unpaired) electrons. The first-order valence-corrected chi connectivity index (χ1v) is 9.73. The minimum atomic E-state index is -0.955. The van der Waals surface area contributed by atoms with Gasteiger partial charge in [-0.2, -0.15) is 0 Å². The lowest BCUT2D eigenvalue weighted by molar-refractivity contribution is -0.130. The molecular weight excluding hydrogens is 340 g/mol. The zero-order chi connectivity index (χ0) is 19.0. The van der Waals surface area contributed by atoms with Crippen molar-refractivity contribution in [3.63, 3.8) is 0 Å². The molecule has 6 heteroatoms. The van der Waals surface area contributed by atoms with Gasteiger partial charge in [0.2, 0.25) is 5.91 Å². The van der Waals surface area contributed by atoms with Crippen LogP contribution in [0, 0.1) is 5.92 Å². The van der Waals surface area contributed by atoms with Gasteiger partial charge in [-0.1, -0.05) is 30.3 Å². The molecular formula is C21H28N4O2. The van der Waals surface area contributed by atoms with Crippen LogP contribution in [0.4, 0.5) is 0 Å². The monoisotopic (exact) mass is 368 g/mol. The highest BCUT2D eigenvalue weighted by Crippen LogP contribution is 2.39. The summed E-state index contributed by atoms with van der Waals surface area (Å²) in [5, 5.41) is 14.3. The number of aryl methyl sites for hydroxylation is 1. The summed E-state index contributed by atoms with van der Waals surface area (Å²) in [5.41, 5.74) is 0.149.